The minimum absolute atomic E-state index is 0.0497. The second-order valence-electron chi connectivity index (χ2n) is 10.3. The monoisotopic (exact) mass is 510 g/mol. The number of hydrogen-bond acceptors (Lipinski definition) is 7. The number of carbonyl (C=O) groups excluding carboxylic acids is 3. The molecule has 2 aliphatic heterocycles. The first kappa shape index (κ1) is 28.2. The maximum atomic E-state index is 12.1. The summed E-state index contributed by atoms with van der Waals surface area (Å²) in [4.78, 5) is 37.2. The average Bonchev–Trinajstić information content (AvgIpc) is 3.60. The van der Waals surface area contributed by atoms with E-state index in [1.807, 2.05) is 81.4 Å². The zero-order valence-electron chi connectivity index (χ0n) is 22.0. The largest absolute Gasteiger partial charge is 0.461 e. The number of rotatable bonds is 6. The van der Waals surface area contributed by atoms with Crippen LogP contribution in [0.1, 0.15) is 44.7 Å². The van der Waals surface area contributed by atoms with Gasteiger partial charge in [0.05, 0.1) is 11.8 Å². The van der Waals surface area contributed by atoms with Gasteiger partial charge >= 0.3 is 18.0 Å². The highest BCUT2D eigenvalue weighted by Crippen LogP contribution is 2.21. The van der Waals surface area contributed by atoms with Crippen molar-refractivity contribution in [2.24, 2.45) is 11.8 Å². The number of amides is 1. The van der Waals surface area contributed by atoms with Gasteiger partial charge in [-0.3, -0.25) is 9.59 Å². The predicted molar refractivity (Wildman–Crippen MR) is 139 cm³/mol. The first-order valence-corrected chi connectivity index (χ1v) is 12.8. The fourth-order valence-electron chi connectivity index (χ4n) is 3.99. The second-order valence-corrected chi connectivity index (χ2v) is 10.3. The molecule has 0 radical (unpaired) electrons. The molecule has 0 saturated carbocycles. The Balaban J connectivity index is 0.000000220. The van der Waals surface area contributed by atoms with Crippen LogP contribution in [0.3, 0.4) is 0 Å². The molecule has 0 spiro atoms. The summed E-state index contributed by atoms with van der Waals surface area (Å²) in [6.45, 7) is 8.70. The van der Waals surface area contributed by atoms with Crippen LogP contribution in [0.5, 0.6) is 0 Å². The maximum absolute atomic E-state index is 12.1. The van der Waals surface area contributed by atoms with Gasteiger partial charge in [-0.1, -0.05) is 60.7 Å². The fraction of sp³-hybridized carbons (Fsp3) is 0.483. The van der Waals surface area contributed by atoms with Crippen LogP contribution in [0.25, 0.3) is 0 Å². The molecule has 200 valence electrons. The molecule has 2 aromatic rings. The summed E-state index contributed by atoms with van der Waals surface area (Å²) in [7, 11) is 0. The van der Waals surface area contributed by atoms with Gasteiger partial charge in [0, 0.05) is 19.6 Å². The van der Waals surface area contributed by atoms with Gasteiger partial charge in [0.25, 0.3) is 0 Å². The molecule has 1 N–H and O–H groups in total. The molecule has 2 aliphatic rings. The van der Waals surface area contributed by atoms with Crippen molar-refractivity contribution in [3.8, 4) is 0 Å². The zero-order chi connectivity index (χ0) is 26.7. The van der Waals surface area contributed by atoms with Crippen molar-refractivity contribution in [1.29, 1.82) is 0 Å². The van der Waals surface area contributed by atoms with E-state index in [1.54, 1.807) is 4.90 Å². The molecular formula is C29H38N2O6. The van der Waals surface area contributed by atoms with Gasteiger partial charge in [-0.25, -0.2) is 4.79 Å². The van der Waals surface area contributed by atoms with E-state index in [9.17, 15) is 14.4 Å². The zero-order valence-corrected chi connectivity index (χ0v) is 22.0. The Kier molecular flexibility index (Phi) is 10.5. The third-order valence-corrected chi connectivity index (χ3v) is 6.01. The first-order valence-electron chi connectivity index (χ1n) is 12.8. The minimum atomic E-state index is -0.525. The molecule has 0 bridgehead atoms. The van der Waals surface area contributed by atoms with Crippen LogP contribution in [0.2, 0.25) is 0 Å². The van der Waals surface area contributed by atoms with Gasteiger partial charge in [-0.2, -0.15) is 0 Å². The molecule has 0 unspecified atom stereocenters. The molecule has 0 aromatic heterocycles. The van der Waals surface area contributed by atoms with E-state index in [-0.39, 0.29) is 36.5 Å². The van der Waals surface area contributed by atoms with Crippen molar-refractivity contribution < 1.29 is 28.6 Å². The molecule has 2 fully saturated rings. The number of esters is 2. The Labute approximate surface area is 219 Å². The lowest BCUT2D eigenvalue weighted by molar-refractivity contribution is -0.150. The van der Waals surface area contributed by atoms with Crippen molar-refractivity contribution in [2.45, 2.75) is 52.4 Å². The minimum Gasteiger partial charge on any atom is -0.461 e. The number of likely N-dealkylation sites (tertiary alicyclic amines) is 1. The number of benzene rings is 2. The van der Waals surface area contributed by atoms with E-state index in [0.717, 1.165) is 30.6 Å². The summed E-state index contributed by atoms with van der Waals surface area (Å²) in [6, 6.07) is 19.3. The Morgan fingerprint density at radius 3 is 1.86 bits per heavy atom. The standard InChI is InChI=1S/C17H23NO4.C12H15NO2/c1-17(2,3)22-16(20)18-10-9-14(11-18)15(19)21-12-13-7-5-4-6-8-13;14-12(11-6-7-13-8-11)15-9-10-4-2-1-3-5-10/h4-8,14H,9-12H2,1-3H3;1-5,11,13H,6-9H2/t14-;11-/m11/s1. The van der Waals surface area contributed by atoms with Crippen LogP contribution in [0.4, 0.5) is 4.79 Å². The topological polar surface area (TPSA) is 94.2 Å². The molecular weight excluding hydrogens is 472 g/mol. The average molecular weight is 511 g/mol. The second kappa shape index (κ2) is 13.8. The van der Waals surface area contributed by atoms with Gasteiger partial charge in [-0.15, -0.1) is 0 Å². The summed E-state index contributed by atoms with van der Waals surface area (Å²) in [5, 5.41) is 3.15. The molecule has 2 atom stereocenters. The number of nitrogens with one attached hydrogen (secondary N) is 1. The van der Waals surface area contributed by atoms with Crippen LogP contribution >= 0.6 is 0 Å². The Morgan fingerprint density at radius 2 is 1.38 bits per heavy atom. The number of nitrogens with zero attached hydrogens (tertiary/aromatic N) is 1. The third-order valence-electron chi connectivity index (χ3n) is 6.01. The fourth-order valence-corrected chi connectivity index (χ4v) is 3.99. The van der Waals surface area contributed by atoms with Gasteiger partial charge < -0.3 is 24.4 Å². The van der Waals surface area contributed by atoms with Gasteiger partial charge in [0.2, 0.25) is 0 Å². The van der Waals surface area contributed by atoms with Crippen LogP contribution in [-0.2, 0) is 37.0 Å². The van der Waals surface area contributed by atoms with Crippen LogP contribution in [0.15, 0.2) is 60.7 Å². The lowest BCUT2D eigenvalue weighted by atomic mass is 10.1. The number of hydrogen-bond donors (Lipinski definition) is 1. The van der Waals surface area contributed by atoms with Crippen LogP contribution in [-0.4, -0.2) is 54.7 Å². The van der Waals surface area contributed by atoms with Crippen molar-refractivity contribution >= 4 is 18.0 Å². The van der Waals surface area contributed by atoms with Crippen molar-refractivity contribution in [2.75, 3.05) is 26.2 Å². The van der Waals surface area contributed by atoms with E-state index in [2.05, 4.69) is 5.32 Å². The van der Waals surface area contributed by atoms with E-state index < -0.39 is 5.60 Å². The summed E-state index contributed by atoms with van der Waals surface area (Å²) in [5.74, 6) is -0.552. The van der Waals surface area contributed by atoms with Crippen LogP contribution < -0.4 is 5.32 Å². The Hall–Kier alpha value is -3.39. The van der Waals surface area contributed by atoms with Crippen molar-refractivity contribution in [3.63, 3.8) is 0 Å². The normalized spacial score (nSPS) is 18.9. The highest BCUT2D eigenvalue weighted by atomic mass is 16.6. The summed E-state index contributed by atoms with van der Waals surface area (Å²) in [6.07, 6.45) is 1.14. The van der Waals surface area contributed by atoms with E-state index in [0.29, 0.717) is 26.1 Å². The van der Waals surface area contributed by atoms with Crippen molar-refractivity contribution in [1.82, 2.24) is 10.2 Å². The molecule has 2 heterocycles. The molecule has 8 nitrogen and oxygen atoms in total. The quantitative estimate of drug-likeness (QED) is 0.457. The summed E-state index contributed by atoms with van der Waals surface area (Å²) >= 11 is 0. The van der Waals surface area contributed by atoms with E-state index >= 15 is 0 Å². The van der Waals surface area contributed by atoms with Gasteiger partial charge in [0.1, 0.15) is 18.8 Å². The number of ether oxygens (including phenoxy) is 3. The first-order chi connectivity index (χ1) is 17.7. The molecule has 1 amide bonds. The van der Waals surface area contributed by atoms with Crippen LogP contribution in [0, 0.1) is 11.8 Å². The lowest BCUT2D eigenvalue weighted by Crippen LogP contribution is -2.36. The molecule has 2 saturated heterocycles. The van der Waals surface area contributed by atoms with E-state index in [1.165, 1.54) is 0 Å². The number of carbonyl (C=O) groups is 3. The Morgan fingerprint density at radius 1 is 0.838 bits per heavy atom. The van der Waals surface area contributed by atoms with E-state index in [4.69, 9.17) is 14.2 Å². The van der Waals surface area contributed by atoms with Gasteiger partial charge in [0.15, 0.2) is 0 Å². The SMILES string of the molecule is CC(C)(C)OC(=O)N1CC[C@@H](C(=O)OCc2ccccc2)C1.O=C(OCc1ccccc1)[C@@H]1CCNC1. The molecule has 8 heteroatoms. The molecule has 2 aromatic carbocycles. The predicted octanol–water partition coefficient (Wildman–Crippen LogP) is 4.33. The molecule has 0 aliphatic carbocycles. The summed E-state index contributed by atoms with van der Waals surface area (Å²) in [5.41, 5.74) is 1.47. The highest BCUT2D eigenvalue weighted by molar-refractivity contribution is 5.76. The third kappa shape index (κ3) is 9.88. The van der Waals surface area contributed by atoms with Gasteiger partial charge in [-0.05, 0) is 51.3 Å². The highest BCUT2D eigenvalue weighted by Gasteiger charge is 2.34. The lowest BCUT2D eigenvalue weighted by Gasteiger charge is -2.24. The van der Waals surface area contributed by atoms with Crippen molar-refractivity contribution in [3.05, 3.63) is 71.8 Å². The smallest absolute Gasteiger partial charge is 0.410 e. The summed E-state index contributed by atoms with van der Waals surface area (Å²) < 4.78 is 15.9. The maximum Gasteiger partial charge on any atom is 0.410 e. The Bertz CT molecular complexity index is 1000. The molecule has 37 heavy (non-hydrogen) atoms. The molecule has 4 rings (SSSR count).